The molecule has 1 atom stereocenters. The predicted molar refractivity (Wildman–Crippen MR) is 120 cm³/mol. The molecule has 1 N–H and O–H groups in total. The van der Waals surface area contributed by atoms with Gasteiger partial charge in [-0.3, -0.25) is 4.79 Å². The number of anilines is 2. The van der Waals surface area contributed by atoms with Gasteiger partial charge in [0.05, 0.1) is 17.9 Å². The Morgan fingerprint density at radius 1 is 1.06 bits per heavy atom. The van der Waals surface area contributed by atoms with Crippen molar-refractivity contribution in [3.05, 3.63) is 48.2 Å². The molecule has 1 amide bonds. The van der Waals surface area contributed by atoms with Crippen LogP contribution >= 0.6 is 0 Å². The number of hydrogen-bond acceptors (Lipinski definition) is 6. The zero-order valence-corrected chi connectivity index (χ0v) is 18.3. The summed E-state index contributed by atoms with van der Waals surface area (Å²) in [6.07, 6.45) is 5.10. The molecule has 2 aliphatic heterocycles. The molecule has 8 heteroatoms. The molecular weight excluding hydrogens is 395 g/mol. The van der Waals surface area contributed by atoms with E-state index in [1.165, 1.54) is 12.1 Å². The van der Waals surface area contributed by atoms with Gasteiger partial charge in [0.1, 0.15) is 12.1 Å². The van der Waals surface area contributed by atoms with Crippen LogP contribution in [0, 0.1) is 11.7 Å². The third-order valence-corrected chi connectivity index (χ3v) is 6.41. The fourth-order valence-corrected chi connectivity index (χ4v) is 4.35. The molecule has 2 aliphatic rings. The van der Waals surface area contributed by atoms with Crippen molar-refractivity contribution < 1.29 is 9.18 Å². The van der Waals surface area contributed by atoms with Gasteiger partial charge in [-0.05, 0) is 44.5 Å². The Labute approximate surface area is 183 Å². The van der Waals surface area contributed by atoms with E-state index in [2.05, 4.69) is 37.0 Å². The molecule has 31 heavy (non-hydrogen) atoms. The average Bonchev–Trinajstić information content (AvgIpc) is 2.80. The van der Waals surface area contributed by atoms with Crippen molar-refractivity contribution in [2.75, 3.05) is 56.1 Å². The van der Waals surface area contributed by atoms with Crippen molar-refractivity contribution >= 4 is 17.4 Å². The monoisotopic (exact) mass is 426 g/mol. The first-order valence-electron chi connectivity index (χ1n) is 11.1. The Balaban J connectivity index is 1.34. The number of piperazine rings is 1. The number of hydrogen-bond donors (Lipinski definition) is 1. The van der Waals surface area contributed by atoms with Crippen molar-refractivity contribution in [3.63, 3.8) is 0 Å². The lowest BCUT2D eigenvalue weighted by Gasteiger charge is -2.38. The fourth-order valence-electron chi connectivity index (χ4n) is 4.35. The van der Waals surface area contributed by atoms with Gasteiger partial charge >= 0.3 is 0 Å². The van der Waals surface area contributed by atoms with Crippen molar-refractivity contribution in [2.24, 2.45) is 5.92 Å². The number of halogens is 1. The number of piperidine rings is 1. The van der Waals surface area contributed by atoms with Crippen LogP contribution in [-0.2, 0) is 4.79 Å². The van der Waals surface area contributed by atoms with Crippen LogP contribution in [0.5, 0.6) is 0 Å². The Bertz CT molecular complexity index is 876. The fraction of sp³-hybridized carbons (Fsp3) is 0.522. The van der Waals surface area contributed by atoms with Crippen LogP contribution < -0.4 is 15.1 Å². The highest BCUT2D eigenvalue weighted by Gasteiger charge is 2.28. The maximum Gasteiger partial charge on any atom is 0.223 e. The molecule has 0 bridgehead atoms. The number of carbonyl (C=O) groups is 1. The molecule has 2 aromatic rings. The van der Waals surface area contributed by atoms with Crippen LogP contribution in [0.1, 0.15) is 31.4 Å². The van der Waals surface area contributed by atoms with Crippen LogP contribution in [0.2, 0.25) is 0 Å². The molecule has 0 aliphatic carbocycles. The molecular formula is C23H31FN6O. The normalized spacial score (nSPS) is 19.3. The first kappa shape index (κ1) is 21.5. The molecule has 2 fully saturated rings. The predicted octanol–water partition coefficient (Wildman–Crippen LogP) is 2.46. The second kappa shape index (κ2) is 9.60. The molecule has 2 saturated heterocycles. The Morgan fingerprint density at radius 2 is 1.74 bits per heavy atom. The molecule has 0 radical (unpaired) electrons. The molecule has 7 nitrogen and oxygen atoms in total. The molecule has 0 saturated carbocycles. The quantitative estimate of drug-likeness (QED) is 0.793. The number of benzene rings is 1. The van der Waals surface area contributed by atoms with Gasteiger partial charge in [-0.15, -0.1) is 0 Å². The standard InChI is InChI=1S/C23H31FN6O/c1-17(18-3-5-20(24)6-4-18)27-23(31)19-7-9-29(10-8-19)21-15-25-16-26-22(21)30-13-11-28(2)12-14-30/h3-6,15-17,19H,7-14H2,1-2H3,(H,27,31)/t17-/m0/s1. The van der Waals surface area contributed by atoms with E-state index < -0.39 is 0 Å². The van der Waals surface area contributed by atoms with Gasteiger partial charge in [0.2, 0.25) is 5.91 Å². The van der Waals surface area contributed by atoms with E-state index in [-0.39, 0.29) is 23.7 Å². The first-order chi connectivity index (χ1) is 15.0. The average molecular weight is 427 g/mol. The molecule has 4 rings (SSSR count). The summed E-state index contributed by atoms with van der Waals surface area (Å²) in [5, 5.41) is 3.09. The highest BCUT2D eigenvalue weighted by molar-refractivity contribution is 5.79. The SMILES string of the molecule is C[C@H](NC(=O)C1CCN(c2cncnc2N2CCN(C)CC2)CC1)c1ccc(F)cc1. The highest BCUT2D eigenvalue weighted by Crippen LogP contribution is 2.30. The van der Waals surface area contributed by atoms with Gasteiger partial charge in [0, 0.05) is 45.2 Å². The number of nitrogens with zero attached hydrogens (tertiary/aromatic N) is 5. The third kappa shape index (κ3) is 5.12. The summed E-state index contributed by atoms with van der Waals surface area (Å²) in [5.74, 6) is 0.780. The van der Waals surface area contributed by atoms with Gasteiger partial charge in [-0.25, -0.2) is 14.4 Å². The smallest absolute Gasteiger partial charge is 0.223 e. The summed E-state index contributed by atoms with van der Waals surface area (Å²) >= 11 is 0. The number of aromatic nitrogens is 2. The molecule has 1 aromatic carbocycles. The topological polar surface area (TPSA) is 64.6 Å². The summed E-state index contributed by atoms with van der Waals surface area (Å²) in [6.45, 7) is 7.51. The number of nitrogens with one attached hydrogen (secondary N) is 1. The summed E-state index contributed by atoms with van der Waals surface area (Å²) in [6, 6.07) is 6.15. The first-order valence-corrected chi connectivity index (χ1v) is 11.1. The third-order valence-electron chi connectivity index (χ3n) is 6.41. The number of likely N-dealkylation sites (N-methyl/N-ethyl adjacent to an activating group) is 1. The largest absolute Gasteiger partial charge is 0.367 e. The maximum absolute atomic E-state index is 13.1. The molecule has 0 spiro atoms. The van der Waals surface area contributed by atoms with Crippen molar-refractivity contribution in [3.8, 4) is 0 Å². The van der Waals surface area contributed by atoms with Gasteiger partial charge < -0.3 is 20.0 Å². The number of carbonyl (C=O) groups excluding carboxylic acids is 1. The van der Waals surface area contributed by atoms with Gasteiger partial charge in [0.25, 0.3) is 0 Å². The van der Waals surface area contributed by atoms with E-state index in [4.69, 9.17) is 0 Å². The van der Waals surface area contributed by atoms with E-state index in [0.29, 0.717) is 0 Å². The summed E-state index contributed by atoms with van der Waals surface area (Å²) in [7, 11) is 2.14. The lowest BCUT2D eigenvalue weighted by molar-refractivity contribution is -0.126. The zero-order chi connectivity index (χ0) is 21.8. The van der Waals surface area contributed by atoms with E-state index >= 15 is 0 Å². The minimum Gasteiger partial charge on any atom is -0.367 e. The molecule has 3 heterocycles. The Hall–Kier alpha value is -2.74. The second-order valence-corrected chi connectivity index (χ2v) is 8.57. The van der Waals surface area contributed by atoms with Crippen LogP contribution in [0.25, 0.3) is 0 Å². The van der Waals surface area contributed by atoms with Gasteiger partial charge in [0.15, 0.2) is 5.82 Å². The molecule has 1 aromatic heterocycles. The maximum atomic E-state index is 13.1. The number of amides is 1. The van der Waals surface area contributed by atoms with Crippen LogP contribution in [0.15, 0.2) is 36.8 Å². The second-order valence-electron chi connectivity index (χ2n) is 8.57. The van der Waals surface area contributed by atoms with Gasteiger partial charge in [-0.1, -0.05) is 12.1 Å². The van der Waals surface area contributed by atoms with E-state index in [1.807, 2.05) is 13.1 Å². The van der Waals surface area contributed by atoms with E-state index in [0.717, 1.165) is 69.2 Å². The van der Waals surface area contributed by atoms with Gasteiger partial charge in [-0.2, -0.15) is 0 Å². The van der Waals surface area contributed by atoms with E-state index in [9.17, 15) is 9.18 Å². The highest BCUT2D eigenvalue weighted by atomic mass is 19.1. The molecule has 0 unspecified atom stereocenters. The lowest BCUT2D eigenvalue weighted by Crippen LogP contribution is -2.46. The lowest BCUT2D eigenvalue weighted by atomic mass is 9.95. The van der Waals surface area contributed by atoms with Crippen LogP contribution in [0.4, 0.5) is 15.9 Å². The van der Waals surface area contributed by atoms with E-state index in [1.54, 1.807) is 18.5 Å². The van der Waals surface area contributed by atoms with Crippen LogP contribution in [0.3, 0.4) is 0 Å². The minimum absolute atomic E-state index is 0.0177. The Morgan fingerprint density at radius 3 is 2.42 bits per heavy atom. The van der Waals surface area contributed by atoms with Crippen molar-refractivity contribution in [2.45, 2.75) is 25.8 Å². The summed E-state index contributed by atoms with van der Waals surface area (Å²) in [4.78, 5) is 28.6. The zero-order valence-electron chi connectivity index (χ0n) is 18.3. The van der Waals surface area contributed by atoms with Crippen molar-refractivity contribution in [1.29, 1.82) is 0 Å². The Kier molecular flexibility index (Phi) is 6.65. The number of rotatable bonds is 5. The summed E-state index contributed by atoms with van der Waals surface area (Å²) in [5.41, 5.74) is 1.97. The van der Waals surface area contributed by atoms with Crippen LogP contribution in [-0.4, -0.2) is 67.1 Å². The minimum atomic E-state index is -0.268. The van der Waals surface area contributed by atoms with Crippen molar-refractivity contribution in [1.82, 2.24) is 20.2 Å². The summed E-state index contributed by atoms with van der Waals surface area (Å²) < 4.78 is 13.1. The molecule has 166 valence electrons.